The molecule has 0 bridgehead atoms. The first kappa shape index (κ1) is 32.3. The van der Waals surface area contributed by atoms with E-state index in [4.69, 9.17) is 23.2 Å². The normalized spacial score (nSPS) is 11.8. The molecule has 8 nitrogen and oxygen atoms in total. The smallest absolute Gasteiger partial charge is 0.335 e. The third-order valence-electron chi connectivity index (χ3n) is 6.22. The Balaban J connectivity index is 1.52. The van der Waals surface area contributed by atoms with Gasteiger partial charge < -0.3 is 21.1 Å². The summed E-state index contributed by atoms with van der Waals surface area (Å²) >= 11 is 13.8. The number of halogens is 2. The minimum atomic E-state index is -1.09. The average molecular weight is 649 g/mol. The Morgan fingerprint density at radius 2 is 1.48 bits per heavy atom. The highest BCUT2D eigenvalue weighted by Gasteiger charge is 2.20. The van der Waals surface area contributed by atoms with E-state index in [1.807, 2.05) is 6.92 Å². The molecule has 0 aliphatic carbocycles. The van der Waals surface area contributed by atoms with E-state index in [0.29, 0.717) is 38.8 Å². The maximum atomic E-state index is 13.5. The van der Waals surface area contributed by atoms with E-state index in [1.54, 1.807) is 84.9 Å². The number of hydrogen-bond acceptors (Lipinski definition) is 5. The molecule has 1 atom stereocenters. The standard InChI is InChI=1S/C33H27Cl2N3O5S/c1-2-28(32(41)37-23-13-6-12-22(17-23)33(42)43)44-25-15-8-14-24(19-25)36-31(40)27(18-21-11-7-16-26(34)29(21)35)38-30(39)20-9-4-3-5-10-20/h3-19,28H,2H2,1H3,(H,36,40)(H,37,41)(H,38,39)(H,42,43)/b27-18+. The molecule has 224 valence electrons. The minimum Gasteiger partial charge on any atom is -0.478 e. The van der Waals surface area contributed by atoms with Crippen LogP contribution in [0.3, 0.4) is 0 Å². The highest BCUT2D eigenvalue weighted by atomic mass is 35.5. The quantitative estimate of drug-likeness (QED) is 0.0981. The van der Waals surface area contributed by atoms with E-state index >= 15 is 0 Å². The van der Waals surface area contributed by atoms with Gasteiger partial charge in [0, 0.05) is 21.8 Å². The second-order valence-corrected chi connectivity index (χ2v) is 11.5. The highest BCUT2D eigenvalue weighted by Crippen LogP contribution is 2.30. The Morgan fingerprint density at radius 1 is 0.818 bits per heavy atom. The van der Waals surface area contributed by atoms with Crippen LogP contribution in [0, 0.1) is 0 Å². The van der Waals surface area contributed by atoms with Crippen molar-refractivity contribution in [3.05, 3.63) is 129 Å². The van der Waals surface area contributed by atoms with Gasteiger partial charge in [-0.3, -0.25) is 14.4 Å². The van der Waals surface area contributed by atoms with Gasteiger partial charge in [-0.1, -0.05) is 72.6 Å². The van der Waals surface area contributed by atoms with Crippen LogP contribution in [0.15, 0.2) is 108 Å². The lowest BCUT2D eigenvalue weighted by molar-refractivity contribution is -0.116. The average Bonchev–Trinajstić information content (AvgIpc) is 3.02. The second kappa shape index (κ2) is 15.2. The van der Waals surface area contributed by atoms with Crippen LogP contribution < -0.4 is 16.0 Å². The zero-order chi connectivity index (χ0) is 31.6. The Hall–Kier alpha value is -4.57. The zero-order valence-corrected chi connectivity index (χ0v) is 25.7. The van der Waals surface area contributed by atoms with Crippen LogP contribution in [-0.4, -0.2) is 34.0 Å². The van der Waals surface area contributed by atoms with Gasteiger partial charge in [0.15, 0.2) is 0 Å². The molecule has 0 radical (unpaired) electrons. The van der Waals surface area contributed by atoms with Crippen molar-refractivity contribution < 1.29 is 24.3 Å². The fraction of sp³-hybridized carbons (Fsp3) is 0.0909. The summed E-state index contributed by atoms with van der Waals surface area (Å²) in [6.07, 6.45) is 1.93. The van der Waals surface area contributed by atoms with Gasteiger partial charge in [-0.2, -0.15) is 0 Å². The molecule has 0 aromatic heterocycles. The Labute approximate surface area is 268 Å². The number of rotatable bonds is 11. The number of carbonyl (C=O) groups excluding carboxylic acids is 3. The lowest BCUT2D eigenvalue weighted by Gasteiger charge is -2.16. The molecular weight excluding hydrogens is 621 g/mol. The number of carbonyl (C=O) groups is 4. The monoisotopic (exact) mass is 647 g/mol. The summed E-state index contributed by atoms with van der Waals surface area (Å²) in [7, 11) is 0. The number of nitrogens with one attached hydrogen (secondary N) is 3. The van der Waals surface area contributed by atoms with Gasteiger partial charge in [-0.05, 0) is 72.7 Å². The number of thioether (sulfide) groups is 1. The van der Waals surface area contributed by atoms with Gasteiger partial charge in [0.2, 0.25) is 5.91 Å². The third-order valence-corrected chi connectivity index (χ3v) is 8.41. The summed E-state index contributed by atoms with van der Waals surface area (Å²) in [5.41, 5.74) is 1.62. The predicted octanol–water partition coefficient (Wildman–Crippen LogP) is 7.61. The molecule has 3 amide bonds. The largest absolute Gasteiger partial charge is 0.478 e. The van der Waals surface area contributed by atoms with Crippen LogP contribution in [0.2, 0.25) is 10.0 Å². The predicted molar refractivity (Wildman–Crippen MR) is 175 cm³/mol. The number of carboxylic acid groups (broad SMARTS) is 1. The molecule has 0 heterocycles. The Bertz CT molecular complexity index is 1730. The first-order valence-corrected chi connectivity index (χ1v) is 15.0. The molecule has 0 saturated carbocycles. The number of anilines is 2. The van der Waals surface area contributed by atoms with Crippen LogP contribution in [0.5, 0.6) is 0 Å². The number of amides is 3. The molecule has 4 N–H and O–H groups in total. The topological polar surface area (TPSA) is 125 Å². The summed E-state index contributed by atoms with van der Waals surface area (Å²) in [6.45, 7) is 1.87. The fourth-order valence-electron chi connectivity index (χ4n) is 4.01. The zero-order valence-electron chi connectivity index (χ0n) is 23.3. The van der Waals surface area contributed by atoms with Gasteiger partial charge in [0.1, 0.15) is 5.70 Å². The van der Waals surface area contributed by atoms with E-state index in [0.717, 1.165) is 0 Å². The van der Waals surface area contributed by atoms with Crippen LogP contribution in [0.4, 0.5) is 11.4 Å². The summed E-state index contributed by atoms with van der Waals surface area (Å²) in [6, 6.07) is 26.4. The van der Waals surface area contributed by atoms with Crippen molar-refractivity contribution in [1.29, 1.82) is 0 Å². The van der Waals surface area contributed by atoms with Gasteiger partial charge >= 0.3 is 5.97 Å². The van der Waals surface area contributed by atoms with Crippen molar-refractivity contribution in [2.75, 3.05) is 10.6 Å². The van der Waals surface area contributed by atoms with Crippen molar-refractivity contribution >= 4 is 76.1 Å². The van der Waals surface area contributed by atoms with E-state index in [9.17, 15) is 24.3 Å². The number of hydrogen-bond donors (Lipinski definition) is 4. The molecular formula is C33H27Cl2N3O5S. The van der Waals surface area contributed by atoms with Crippen LogP contribution >= 0.6 is 35.0 Å². The van der Waals surface area contributed by atoms with E-state index in [1.165, 1.54) is 30.0 Å². The molecule has 4 rings (SSSR count). The SMILES string of the molecule is CCC(Sc1cccc(NC(=O)/C(=C\c2cccc(Cl)c2Cl)NC(=O)c2ccccc2)c1)C(=O)Nc1cccc(C(=O)O)c1. The molecule has 4 aromatic rings. The number of aromatic carboxylic acids is 1. The summed E-state index contributed by atoms with van der Waals surface area (Å²) in [4.78, 5) is 51.4. The van der Waals surface area contributed by atoms with E-state index in [-0.39, 0.29) is 22.2 Å². The summed E-state index contributed by atoms with van der Waals surface area (Å²) in [5.74, 6) is -2.47. The maximum absolute atomic E-state index is 13.5. The Morgan fingerprint density at radius 3 is 2.18 bits per heavy atom. The number of carboxylic acids is 1. The van der Waals surface area contributed by atoms with E-state index < -0.39 is 23.0 Å². The maximum Gasteiger partial charge on any atom is 0.335 e. The Kier molecular flexibility index (Phi) is 11.2. The van der Waals surface area contributed by atoms with Crippen LogP contribution in [0.1, 0.15) is 39.6 Å². The van der Waals surface area contributed by atoms with Crippen molar-refractivity contribution in [2.24, 2.45) is 0 Å². The minimum absolute atomic E-state index is 0.0597. The molecule has 0 aliphatic heterocycles. The lowest BCUT2D eigenvalue weighted by atomic mass is 10.1. The highest BCUT2D eigenvalue weighted by molar-refractivity contribution is 8.00. The molecule has 11 heteroatoms. The molecule has 0 spiro atoms. The number of benzene rings is 4. The second-order valence-electron chi connectivity index (χ2n) is 9.39. The third kappa shape index (κ3) is 8.73. The molecule has 44 heavy (non-hydrogen) atoms. The molecule has 0 saturated heterocycles. The molecule has 0 fully saturated rings. The van der Waals surface area contributed by atoms with Gasteiger partial charge in [-0.25, -0.2) is 4.79 Å². The first-order valence-electron chi connectivity index (χ1n) is 13.4. The van der Waals surface area contributed by atoms with Crippen molar-refractivity contribution in [2.45, 2.75) is 23.5 Å². The van der Waals surface area contributed by atoms with Gasteiger partial charge in [0.05, 0.1) is 20.9 Å². The van der Waals surface area contributed by atoms with Crippen molar-refractivity contribution in [3.8, 4) is 0 Å². The lowest BCUT2D eigenvalue weighted by Crippen LogP contribution is -2.30. The van der Waals surface area contributed by atoms with Crippen LogP contribution in [-0.2, 0) is 9.59 Å². The van der Waals surface area contributed by atoms with Crippen LogP contribution in [0.25, 0.3) is 6.08 Å². The van der Waals surface area contributed by atoms with Gasteiger partial charge in [0.25, 0.3) is 11.8 Å². The molecule has 0 aliphatic rings. The van der Waals surface area contributed by atoms with Crippen molar-refractivity contribution in [3.63, 3.8) is 0 Å². The molecule has 1 unspecified atom stereocenters. The molecule has 4 aromatic carbocycles. The van der Waals surface area contributed by atoms with Gasteiger partial charge in [-0.15, -0.1) is 11.8 Å². The summed E-state index contributed by atoms with van der Waals surface area (Å²) < 4.78 is 0. The van der Waals surface area contributed by atoms with Crippen molar-refractivity contribution in [1.82, 2.24) is 5.32 Å². The first-order chi connectivity index (χ1) is 21.1. The fourth-order valence-corrected chi connectivity index (χ4v) is 5.39. The van der Waals surface area contributed by atoms with E-state index in [2.05, 4.69) is 16.0 Å². The summed E-state index contributed by atoms with van der Waals surface area (Å²) in [5, 5.41) is 17.5.